The van der Waals surface area contributed by atoms with Gasteiger partial charge in [-0.05, 0) is 19.2 Å². The Hall–Kier alpha value is -1.40. The molecule has 19 heavy (non-hydrogen) atoms. The van der Waals surface area contributed by atoms with Gasteiger partial charge in [-0.2, -0.15) is 13.2 Å². The molecule has 1 aliphatic rings. The number of nitrogens with zero attached hydrogens (tertiary/aromatic N) is 2. The van der Waals surface area contributed by atoms with E-state index in [1.54, 1.807) is 11.3 Å². The molecule has 2 nitrogen and oxygen atoms in total. The molecule has 1 aliphatic heterocycles. The third-order valence-corrected chi connectivity index (χ3v) is 4.20. The number of aromatic nitrogens is 1. The minimum absolute atomic E-state index is 0.625. The monoisotopic (exact) mass is 284 g/mol. The number of hydrogen-bond donors (Lipinski definition) is 0. The Morgan fingerprint density at radius 3 is 2.42 bits per heavy atom. The van der Waals surface area contributed by atoms with Gasteiger partial charge >= 0.3 is 6.18 Å². The highest BCUT2D eigenvalue weighted by molar-refractivity contribution is 7.15. The van der Waals surface area contributed by atoms with Crippen molar-refractivity contribution in [2.45, 2.75) is 19.3 Å². The highest BCUT2D eigenvalue weighted by Gasteiger charge is 2.30. The molecule has 0 saturated carbocycles. The van der Waals surface area contributed by atoms with E-state index in [0.717, 1.165) is 41.5 Å². The Bertz CT molecular complexity index is 578. The first-order chi connectivity index (χ1) is 8.93. The molecule has 2 aromatic rings. The second kappa shape index (κ2) is 4.31. The Morgan fingerprint density at radius 2 is 1.84 bits per heavy atom. The Kier molecular flexibility index (Phi) is 2.87. The fourth-order valence-corrected chi connectivity index (χ4v) is 3.27. The van der Waals surface area contributed by atoms with Crippen molar-refractivity contribution in [3.63, 3.8) is 0 Å². The fourth-order valence-electron chi connectivity index (χ4n) is 2.11. The summed E-state index contributed by atoms with van der Waals surface area (Å²) >= 11 is 1.56. The average Bonchev–Trinajstić information content (AvgIpc) is 2.85. The van der Waals surface area contributed by atoms with Crippen LogP contribution in [0.3, 0.4) is 0 Å². The molecule has 100 valence electrons. The maximum absolute atomic E-state index is 12.5. The summed E-state index contributed by atoms with van der Waals surface area (Å²) in [6.45, 7) is 1.68. The van der Waals surface area contributed by atoms with Crippen LogP contribution in [0, 0.1) is 0 Å². The number of rotatable bonds is 1. The standard InChI is InChI=1S/C13H11F3N2S/c1-18-6-10-11(7-18)19-12(17-10)8-2-4-9(5-3-8)13(14,15)16/h2-5H,6-7H2,1H3. The van der Waals surface area contributed by atoms with Gasteiger partial charge in [0.25, 0.3) is 0 Å². The van der Waals surface area contributed by atoms with Gasteiger partial charge in [-0.3, -0.25) is 4.90 Å². The van der Waals surface area contributed by atoms with Crippen LogP contribution in [0.2, 0.25) is 0 Å². The maximum Gasteiger partial charge on any atom is 0.416 e. The molecule has 0 spiro atoms. The van der Waals surface area contributed by atoms with Crippen LogP contribution in [0.4, 0.5) is 13.2 Å². The molecular formula is C13H11F3N2S. The molecule has 0 aliphatic carbocycles. The first kappa shape index (κ1) is 12.6. The summed E-state index contributed by atoms with van der Waals surface area (Å²) in [5, 5.41) is 0.798. The first-order valence-corrected chi connectivity index (χ1v) is 6.60. The van der Waals surface area contributed by atoms with Crippen LogP contribution in [0.5, 0.6) is 0 Å². The van der Waals surface area contributed by atoms with Gasteiger partial charge in [0.05, 0.1) is 11.3 Å². The summed E-state index contributed by atoms with van der Waals surface area (Å²) in [5.41, 5.74) is 1.16. The molecule has 3 rings (SSSR count). The molecule has 0 saturated heterocycles. The second-order valence-electron chi connectivity index (χ2n) is 4.64. The van der Waals surface area contributed by atoms with Crippen molar-refractivity contribution in [3.05, 3.63) is 40.4 Å². The first-order valence-electron chi connectivity index (χ1n) is 5.78. The van der Waals surface area contributed by atoms with Crippen molar-refractivity contribution in [1.29, 1.82) is 0 Å². The van der Waals surface area contributed by atoms with Crippen molar-refractivity contribution in [2.24, 2.45) is 0 Å². The van der Waals surface area contributed by atoms with Crippen LogP contribution in [0.1, 0.15) is 16.1 Å². The molecule has 0 amide bonds. The zero-order valence-electron chi connectivity index (χ0n) is 10.2. The van der Waals surface area contributed by atoms with E-state index in [1.807, 2.05) is 7.05 Å². The molecule has 0 N–H and O–H groups in total. The topological polar surface area (TPSA) is 16.1 Å². The quantitative estimate of drug-likeness (QED) is 0.792. The molecule has 0 atom stereocenters. The minimum Gasteiger partial charge on any atom is -0.295 e. The Balaban J connectivity index is 1.89. The third-order valence-electron chi connectivity index (χ3n) is 3.07. The molecule has 2 heterocycles. The largest absolute Gasteiger partial charge is 0.416 e. The van der Waals surface area contributed by atoms with Crippen molar-refractivity contribution < 1.29 is 13.2 Å². The molecule has 1 aromatic carbocycles. The Morgan fingerprint density at radius 1 is 1.16 bits per heavy atom. The van der Waals surface area contributed by atoms with Gasteiger partial charge in [0.2, 0.25) is 0 Å². The van der Waals surface area contributed by atoms with Crippen LogP contribution < -0.4 is 0 Å². The summed E-state index contributed by atoms with van der Waals surface area (Å²) in [6.07, 6.45) is -4.29. The van der Waals surface area contributed by atoms with Crippen molar-refractivity contribution in [1.82, 2.24) is 9.88 Å². The van der Waals surface area contributed by atoms with Crippen LogP contribution in [0.15, 0.2) is 24.3 Å². The molecule has 0 bridgehead atoms. The number of fused-ring (bicyclic) bond motifs is 1. The highest BCUT2D eigenvalue weighted by atomic mass is 32.1. The summed E-state index contributed by atoms with van der Waals surface area (Å²) in [6, 6.07) is 5.18. The number of hydrogen-bond acceptors (Lipinski definition) is 3. The van der Waals surface area contributed by atoms with E-state index in [9.17, 15) is 13.2 Å². The highest BCUT2D eigenvalue weighted by Crippen LogP contribution is 2.35. The van der Waals surface area contributed by atoms with Crippen LogP contribution >= 0.6 is 11.3 Å². The van der Waals surface area contributed by atoms with E-state index in [0.29, 0.717) is 0 Å². The van der Waals surface area contributed by atoms with E-state index >= 15 is 0 Å². The van der Waals surface area contributed by atoms with Crippen molar-refractivity contribution in [3.8, 4) is 10.6 Å². The number of thiazole rings is 1. The van der Waals surface area contributed by atoms with Crippen molar-refractivity contribution >= 4 is 11.3 Å². The van der Waals surface area contributed by atoms with Gasteiger partial charge in [-0.15, -0.1) is 11.3 Å². The smallest absolute Gasteiger partial charge is 0.295 e. The molecule has 1 aromatic heterocycles. The van der Waals surface area contributed by atoms with Crippen LogP contribution in [0.25, 0.3) is 10.6 Å². The van der Waals surface area contributed by atoms with Gasteiger partial charge in [0, 0.05) is 23.5 Å². The lowest BCUT2D eigenvalue weighted by atomic mass is 10.1. The number of benzene rings is 1. The summed E-state index contributed by atoms with van der Waals surface area (Å²) in [7, 11) is 2.02. The van der Waals surface area contributed by atoms with Crippen LogP contribution in [-0.4, -0.2) is 16.9 Å². The van der Waals surface area contributed by atoms with E-state index in [4.69, 9.17) is 0 Å². The minimum atomic E-state index is -4.29. The predicted octanol–water partition coefficient (Wildman–Crippen LogP) is 3.77. The average molecular weight is 284 g/mol. The summed E-state index contributed by atoms with van der Waals surface area (Å²) in [5.74, 6) is 0. The normalized spacial score (nSPS) is 15.8. The van der Waals surface area contributed by atoms with Gasteiger partial charge in [0.15, 0.2) is 0 Å². The number of halogens is 3. The molecule has 0 fully saturated rings. The fraction of sp³-hybridized carbons (Fsp3) is 0.308. The van der Waals surface area contributed by atoms with Gasteiger partial charge in [-0.1, -0.05) is 12.1 Å². The lowest BCUT2D eigenvalue weighted by Gasteiger charge is -2.07. The van der Waals surface area contributed by atoms with Gasteiger partial charge in [-0.25, -0.2) is 4.98 Å². The zero-order chi connectivity index (χ0) is 13.6. The van der Waals surface area contributed by atoms with E-state index < -0.39 is 11.7 Å². The number of alkyl halides is 3. The third kappa shape index (κ3) is 2.37. The SMILES string of the molecule is CN1Cc2nc(-c3ccc(C(F)(F)F)cc3)sc2C1. The molecule has 0 unspecified atom stereocenters. The van der Waals surface area contributed by atoms with Gasteiger partial charge < -0.3 is 0 Å². The zero-order valence-corrected chi connectivity index (χ0v) is 11.0. The summed E-state index contributed by atoms with van der Waals surface area (Å²) < 4.78 is 37.4. The maximum atomic E-state index is 12.5. The second-order valence-corrected chi connectivity index (χ2v) is 5.72. The molecule has 0 radical (unpaired) electrons. The van der Waals surface area contributed by atoms with E-state index in [-0.39, 0.29) is 0 Å². The van der Waals surface area contributed by atoms with Crippen molar-refractivity contribution in [2.75, 3.05) is 7.05 Å². The lowest BCUT2D eigenvalue weighted by Crippen LogP contribution is -2.08. The Labute approximate surface area is 112 Å². The molecular weight excluding hydrogens is 273 g/mol. The van der Waals surface area contributed by atoms with Crippen LogP contribution in [-0.2, 0) is 19.3 Å². The van der Waals surface area contributed by atoms with Gasteiger partial charge in [0.1, 0.15) is 5.01 Å². The van der Waals surface area contributed by atoms with E-state index in [1.165, 1.54) is 17.0 Å². The molecule has 6 heteroatoms. The lowest BCUT2D eigenvalue weighted by molar-refractivity contribution is -0.137. The van der Waals surface area contributed by atoms with E-state index in [2.05, 4.69) is 9.88 Å². The predicted molar refractivity (Wildman–Crippen MR) is 67.7 cm³/mol. The summed E-state index contributed by atoms with van der Waals surface area (Å²) in [4.78, 5) is 7.86.